The molecular weight excluding hydrogens is 320 g/mol. The van der Waals surface area contributed by atoms with Crippen molar-refractivity contribution in [2.75, 3.05) is 31.6 Å². The van der Waals surface area contributed by atoms with Gasteiger partial charge in [-0.15, -0.1) is 0 Å². The lowest BCUT2D eigenvalue weighted by Crippen LogP contribution is -2.53. The summed E-state index contributed by atoms with van der Waals surface area (Å²) in [5.74, 6) is 1.15. The number of carbonyl (C=O) groups excluding carboxylic acids is 1. The Morgan fingerprint density at radius 1 is 1.32 bits per heavy atom. The molecule has 1 amide bonds. The van der Waals surface area contributed by atoms with Crippen LogP contribution in [0, 0.1) is 5.92 Å². The van der Waals surface area contributed by atoms with Gasteiger partial charge in [0.1, 0.15) is 6.04 Å². The lowest BCUT2D eigenvalue weighted by Gasteiger charge is -2.39. The molecule has 1 atom stereocenters. The van der Waals surface area contributed by atoms with Gasteiger partial charge >= 0.3 is 0 Å². The minimum atomic E-state index is -0.245. The molecule has 25 heavy (non-hydrogen) atoms. The molecule has 2 aromatic rings. The van der Waals surface area contributed by atoms with Gasteiger partial charge in [-0.2, -0.15) is 5.10 Å². The third-order valence-electron chi connectivity index (χ3n) is 4.87. The van der Waals surface area contributed by atoms with Crippen molar-refractivity contribution in [3.8, 4) is 5.95 Å². The summed E-state index contributed by atoms with van der Waals surface area (Å²) in [5.41, 5.74) is 0.631. The highest BCUT2D eigenvalue weighted by molar-refractivity contribution is 5.94. The van der Waals surface area contributed by atoms with Crippen LogP contribution in [0.1, 0.15) is 19.3 Å². The number of nitrogens with one attached hydrogen (secondary N) is 1. The van der Waals surface area contributed by atoms with Gasteiger partial charge in [-0.05, 0) is 24.8 Å². The zero-order valence-corrected chi connectivity index (χ0v) is 14.0. The molecule has 0 radical (unpaired) electrons. The second-order valence-corrected chi connectivity index (χ2v) is 6.59. The topological polar surface area (TPSA) is 85.2 Å². The van der Waals surface area contributed by atoms with Crippen molar-refractivity contribution in [1.82, 2.24) is 24.6 Å². The van der Waals surface area contributed by atoms with E-state index in [-0.39, 0.29) is 11.9 Å². The van der Waals surface area contributed by atoms with Crippen LogP contribution in [0.25, 0.3) is 5.95 Å². The molecule has 4 rings (SSSR count). The first kappa shape index (κ1) is 16.2. The van der Waals surface area contributed by atoms with Crippen molar-refractivity contribution in [3.05, 3.63) is 30.9 Å². The van der Waals surface area contributed by atoms with Gasteiger partial charge in [0.2, 0.25) is 11.9 Å². The maximum atomic E-state index is 12.7. The molecule has 0 bridgehead atoms. The second kappa shape index (κ2) is 7.28. The standard InChI is InChI=1S/C17H22N6O2/c24-16(15-12-25-8-7-22(15)10-13-3-1-4-13)21-14-9-20-23(11-14)17-18-5-2-6-19-17/h2,5-6,9,11,13,15H,1,3-4,7-8,10,12H2,(H,21,24)/t15-/m1/s1. The number of ether oxygens (including phenoxy) is 1. The first-order valence-electron chi connectivity index (χ1n) is 8.74. The number of aromatic nitrogens is 4. The van der Waals surface area contributed by atoms with Crippen LogP contribution in [-0.4, -0.2) is 62.9 Å². The van der Waals surface area contributed by atoms with Crippen LogP contribution in [0.3, 0.4) is 0 Å². The van der Waals surface area contributed by atoms with E-state index in [0.717, 1.165) is 19.0 Å². The largest absolute Gasteiger partial charge is 0.378 e. The molecule has 0 unspecified atom stereocenters. The fourth-order valence-corrected chi connectivity index (χ4v) is 3.24. The first-order chi connectivity index (χ1) is 12.3. The van der Waals surface area contributed by atoms with Gasteiger partial charge in [0, 0.05) is 25.5 Å². The zero-order valence-electron chi connectivity index (χ0n) is 14.0. The molecule has 2 fully saturated rings. The van der Waals surface area contributed by atoms with E-state index in [1.54, 1.807) is 35.5 Å². The van der Waals surface area contributed by atoms with Crippen LogP contribution >= 0.6 is 0 Å². The first-order valence-corrected chi connectivity index (χ1v) is 8.74. The predicted octanol–water partition coefficient (Wildman–Crippen LogP) is 1.10. The van der Waals surface area contributed by atoms with Gasteiger partial charge in [-0.3, -0.25) is 9.69 Å². The number of hydrogen-bond acceptors (Lipinski definition) is 6. The highest BCUT2D eigenvalue weighted by Crippen LogP contribution is 2.28. The Hall–Kier alpha value is -2.32. The smallest absolute Gasteiger partial charge is 0.250 e. The van der Waals surface area contributed by atoms with Gasteiger partial charge in [0.15, 0.2) is 0 Å². The fraction of sp³-hybridized carbons (Fsp3) is 0.529. The minimum Gasteiger partial charge on any atom is -0.378 e. The third-order valence-corrected chi connectivity index (χ3v) is 4.87. The van der Waals surface area contributed by atoms with E-state index in [1.165, 1.54) is 19.3 Å². The number of rotatable bonds is 5. The van der Waals surface area contributed by atoms with Gasteiger partial charge in [0.25, 0.3) is 0 Å². The van der Waals surface area contributed by atoms with Crippen molar-refractivity contribution in [3.63, 3.8) is 0 Å². The van der Waals surface area contributed by atoms with E-state index in [0.29, 0.717) is 24.8 Å². The molecule has 0 spiro atoms. The van der Waals surface area contributed by atoms with E-state index >= 15 is 0 Å². The normalized spacial score (nSPS) is 21.7. The molecule has 8 nitrogen and oxygen atoms in total. The average molecular weight is 342 g/mol. The number of amides is 1. The summed E-state index contributed by atoms with van der Waals surface area (Å²) in [5, 5.41) is 7.15. The Bertz CT molecular complexity index is 715. The molecule has 132 valence electrons. The average Bonchev–Trinajstić information content (AvgIpc) is 3.08. The van der Waals surface area contributed by atoms with E-state index in [2.05, 4.69) is 25.3 Å². The van der Waals surface area contributed by atoms with Gasteiger partial charge in [0.05, 0.1) is 31.3 Å². The van der Waals surface area contributed by atoms with Gasteiger partial charge in [-0.25, -0.2) is 14.6 Å². The number of morpholine rings is 1. The summed E-state index contributed by atoms with van der Waals surface area (Å²) in [4.78, 5) is 23.2. The summed E-state index contributed by atoms with van der Waals surface area (Å²) in [6.45, 7) is 2.93. The molecular formula is C17H22N6O2. The summed E-state index contributed by atoms with van der Waals surface area (Å²) in [6.07, 6.45) is 10.5. The van der Waals surface area contributed by atoms with Crippen LogP contribution in [0.5, 0.6) is 0 Å². The highest BCUT2D eigenvalue weighted by Gasteiger charge is 2.32. The number of nitrogens with zero attached hydrogens (tertiary/aromatic N) is 5. The van der Waals surface area contributed by atoms with E-state index < -0.39 is 0 Å². The summed E-state index contributed by atoms with van der Waals surface area (Å²) < 4.78 is 7.08. The van der Waals surface area contributed by atoms with Crippen molar-refractivity contribution < 1.29 is 9.53 Å². The van der Waals surface area contributed by atoms with Gasteiger partial charge < -0.3 is 10.1 Å². The van der Waals surface area contributed by atoms with E-state index in [4.69, 9.17) is 4.74 Å². The zero-order chi connectivity index (χ0) is 17.1. The highest BCUT2D eigenvalue weighted by atomic mass is 16.5. The quantitative estimate of drug-likeness (QED) is 0.876. The molecule has 1 saturated carbocycles. The molecule has 1 aliphatic heterocycles. The SMILES string of the molecule is O=C(Nc1cnn(-c2ncccn2)c1)[C@H]1COCCN1CC1CCC1. The second-order valence-electron chi connectivity index (χ2n) is 6.59. The Kier molecular flexibility index (Phi) is 4.71. The number of hydrogen-bond donors (Lipinski definition) is 1. The summed E-state index contributed by atoms with van der Waals surface area (Å²) >= 11 is 0. The van der Waals surface area contributed by atoms with Crippen LogP contribution in [0.15, 0.2) is 30.9 Å². The maximum Gasteiger partial charge on any atom is 0.250 e. The number of carbonyl (C=O) groups is 1. The Morgan fingerprint density at radius 3 is 2.92 bits per heavy atom. The molecule has 1 N–H and O–H groups in total. The fourth-order valence-electron chi connectivity index (χ4n) is 3.24. The Labute approximate surface area is 146 Å². The monoisotopic (exact) mass is 342 g/mol. The van der Waals surface area contributed by atoms with Crippen LogP contribution < -0.4 is 5.32 Å². The van der Waals surface area contributed by atoms with Crippen LogP contribution in [0.2, 0.25) is 0 Å². The van der Waals surface area contributed by atoms with Crippen molar-refractivity contribution in [2.45, 2.75) is 25.3 Å². The van der Waals surface area contributed by atoms with Crippen molar-refractivity contribution in [1.29, 1.82) is 0 Å². The Morgan fingerprint density at radius 2 is 2.16 bits per heavy atom. The Balaban J connectivity index is 1.41. The molecule has 1 aliphatic carbocycles. The summed E-state index contributed by atoms with van der Waals surface area (Å²) in [6, 6.07) is 1.50. The van der Waals surface area contributed by atoms with E-state index in [9.17, 15) is 4.79 Å². The molecule has 2 aliphatic rings. The van der Waals surface area contributed by atoms with Crippen molar-refractivity contribution >= 4 is 11.6 Å². The molecule has 1 saturated heterocycles. The van der Waals surface area contributed by atoms with Gasteiger partial charge in [-0.1, -0.05) is 6.42 Å². The maximum absolute atomic E-state index is 12.7. The minimum absolute atomic E-state index is 0.0486. The molecule has 2 aromatic heterocycles. The lowest BCUT2D eigenvalue weighted by atomic mass is 9.84. The molecule has 3 heterocycles. The van der Waals surface area contributed by atoms with Crippen LogP contribution in [-0.2, 0) is 9.53 Å². The van der Waals surface area contributed by atoms with Crippen LogP contribution in [0.4, 0.5) is 5.69 Å². The number of anilines is 1. The molecule has 8 heteroatoms. The van der Waals surface area contributed by atoms with E-state index in [1.807, 2.05) is 0 Å². The predicted molar refractivity (Wildman–Crippen MR) is 91.3 cm³/mol. The summed E-state index contributed by atoms with van der Waals surface area (Å²) in [7, 11) is 0. The molecule has 0 aromatic carbocycles. The van der Waals surface area contributed by atoms with Crippen molar-refractivity contribution in [2.24, 2.45) is 5.92 Å². The third kappa shape index (κ3) is 3.69. The lowest BCUT2D eigenvalue weighted by molar-refractivity contribution is -0.128.